The molecule has 0 radical (unpaired) electrons. The largest absolute Gasteiger partial charge is 0.489 e. The molecule has 0 aliphatic carbocycles. The third kappa shape index (κ3) is 7.58. The van der Waals surface area contributed by atoms with Crippen molar-refractivity contribution in [1.29, 1.82) is 0 Å². The van der Waals surface area contributed by atoms with E-state index in [-0.39, 0.29) is 11.9 Å². The minimum Gasteiger partial charge on any atom is -0.489 e. The lowest BCUT2D eigenvalue weighted by molar-refractivity contribution is 0.223. The van der Waals surface area contributed by atoms with Crippen molar-refractivity contribution >= 4 is 5.96 Å². The van der Waals surface area contributed by atoms with E-state index < -0.39 is 0 Å². The molecular weight excluding hydrogens is 333 g/mol. The highest BCUT2D eigenvalue weighted by molar-refractivity contribution is 5.79. The van der Waals surface area contributed by atoms with E-state index in [0.29, 0.717) is 12.3 Å². The van der Waals surface area contributed by atoms with Gasteiger partial charge in [-0.25, -0.2) is 4.39 Å². The first-order chi connectivity index (χ1) is 12.6. The summed E-state index contributed by atoms with van der Waals surface area (Å²) in [6.07, 6.45) is 1.12. The third-order valence-corrected chi connectivity index (χ3v) is 4.45. The maximum atomic E-state index is 13.2. The topological polar surface area (TPSA) is 52.1 Å². The average Bonchev–Trinajstić information content (AvgIpc) is 2.82. The van der Waals surface area contributed by atoms with Gasteiger partial charge >= 0.3 is 0 Å². The normalized spacial score (nSPS) is 18.2. The molecule has 1 atom stereocenters. The third-order valence-electron chi connectivity index (χ3n) is 4.45. The molecule has 0 spiro atoms. The summed E-state index contributed by atoms with van der Waals surface area (Å²) in [6.45, 7) is 8.95. The van der Waals surface area contributed by atoms with Gasteiger partial charge in [0.2, 0.25) is 0 Å². The predicted octanol–water partition coefficient (Wildman–Crippen LogP) is 1.40. The Morgan fingerprint density at radius 3 is 2.88 bits per heavy atom. The molecule has 2 rings (SSSR count). The van der Waals surface area contributed by atoms with Crippen molar-refractivity contribution in [1.82, 2.24) is 20.4 Å². The Bertz CT molecular complexity index is 569. The highest BCUT2D eigenvalue weighted by Crippen LogP contribution is 2.13. The smallest absolute Gasteiger partial charge is 0.191 e. The second kappa shape index (κ2) is 11.0. The van der Waals surface area contributed by atoms with Gasteiger partial charge in [-0.15, -0.1) is 0 Å². The SMILES string of the molecule is CN=C(NCCN1CCCN(C)CC1)NCC(C)Oc1cccc(F)c1. The van der Waals surface area contributed by atoms with Crippen LogP contribution in [-0.4, -0.2) is 81.8 Å². The lowest BCUT2D eigenvalue weighted by Crippen LogP contribution is -2.44. The molecule has 1 fully saturated rings. The van der Waals surface area contributed by atoms with E-state index in [1.54, 1.807) is 19.2 Å². The van der Waals surface area contributed by atoms with Crippen LogP contribution in [0.5, 0.6) is 5.75 Å². The number of nitrogens with one attached hydrogen (secondary N) is 2. The van der Waals surface area contributed by atoms with Gasteiger partial charge in [-0.05, 0) is 45.6 Å². The predicted molar refractivity (Wildman–Crippen MR) is 104 cm³/mol. The monoisotopic (exact) mass is 365 g/mol. The van der Waals surface area contributed by atoms with Crippen molar-refractivity contribution in [3.8, 4) is 5.75 Å². The first kappa shape index (κ1) is 20.5. The van der Waals surface area contributed by atoms with E-state index in [1.807, 2.05) is 6.92 Å². The molecule has 1 aliphatic rings. The minimum absolute atomic E-state index is 0.100. The van der Waals surface area contributed by atoms with Gasteiger partial charge in [0.05, 0.1) is 6.54 Å². The van der Waals surface area contributed by atoms with Gasteiger partial charge in [-0.1, -0.05) is 6.07 Å². The Morgan fingerprint density at radius 1 is 1.27 bits per heavy atom. The first-order valence-electron chi connectivity index (χ1n) is 9.34. The van der Waals surface area contributed by atoms with Crippen LogP contribution in [0.15, 0.2) is 29.3 Å². The summed E-state index contributed by atoms with van der Waals surface area (Å²) >= 11 is 0. The van der Waals surface area contributed by atoms with E-state index in [2.05, 4.69) is 32.5 Å². The number of nitrogens with zero attached hydrogens (tertiary/aromatic N) is 3. The number of hydrogen-bond acceptors (Lipinski definition) is 4. The molecule has 1 aromatic rings. The molecule has 1 saturated heterocycles. The zero-order valence-electron chi connectivity index (χ0n) is 16.2. The molecule has 0 amide bonds. The molecular formula is C19H32FN5O. The number of aliphatic imine (C=N–C) groups is 1. The van der Waals surface area contributed by atoms with E-state index in [0.717, 1.165) is 38.7 Å². The van der Waals surface area contributed by atoms with Crippen LogP contribution in [0.4, 0.5) is 4.39 Å². The molecule has 6 nitrogen and oxygen atoms in total. The molecule has 1 heterocycles. The van der Waals surface area contributed by atoms with Gasteiger partial charge in [0.15, 0.2) is 5.96 Å². The van der Waals surface area contributed by atoms with Gasteiger partial charge in [-0.2, -0.15) is 0 Å². The van der Waals surface area contributed by atoms with Gasteiger partial charge in [0.1, 0.15) is 17.7 Å². The minimum atomic E-state index is -0.292. The van der Waals surface area contributed by atoms with Crippen molar-refractivity contribution < 1.29 is 9.13 Å². The molecule has 0 aromatic heterocycles. The van der Waals surface area contributed by atoms with Crippen molar-refractivity contribution in [2.45, 2.75) is 19.4 Å². The highest BCUT2D eigenvalue weighted by atomic mass is 19.1. The number of ether oxygens (including phenoxy) is 1. The van der Waals surface area contributed by atoms with Crippen LogP contribution in [0.1, 0.15) is 13.3 Å². The van der Waals surface area contributed by atoms with Crippen LogP contribution in [0, 0.1) is 5.82 Å². The fraction of sp³-hybridized carbons (Fsp3) is 0.632. The number of hydrogen-bond donors (Lipinski definition) is 2. The standard InChI is InChI=1S/C19H32FN5O/c1-16(26-18-7-4-6-17(20)14-18)15-23-19(21-2)22-8-11-25-10-5-9-24(3)12-13-25/h4,6-7,14,16H,5,8-13,15H2,1-3H3,(H2,21,22,23). The fourth-order valence-electron chi connectivity index (χ4n) is 2.93. The van der Waals surface area contributed by atoms with Crippen LogP contribution < -0.4 is 15.4 Å². The van der Waals surface area contributed by atoms with Crippen molar-refractivity contribution in [2.24, 2.45) is 4.99 Å². The van der Waals surface area contributed by atoms with Crippen LogP contribution in [-0.2, 0) is 0 Å². The molecule has 7 heteroatoms. The van der Waals surface area contributed by atoms with E-state index in [4.69, 9.17) is 4.74 Å². The molecule has 1 aliphatic heterocycles. The average molecular weight is 365 g/mol. The van der Waals surface area contributed by atoms with Gasteiger partial charge in [-0.3, -0.25) is 4.99 Å². The molecule has 1 unspecified atom stereocenters. The fourth-order valence-corrected chi connectivity index (χ4v) is 2.93. The van der Waals surface area contributed by atoms with Crippen molar-refractivity contribution in [3.05, 3.63) is 30.1 Å². The summed E-state index contributed by atoms with van der Waals surface area (Å²) in [6, 6.07) is 6.20. The molecule has 1 aromatic carbocycles. The molecule has 146 valence electrons. The molecule has 2 N–H and O–H groups in total. The van der Waals surface area contributed by atoms with Crippen molar-refractivity contribution in [2.75, 3.05) is 59.9 Å². The summed E-state index contributed by atoms with van der Waals surface area (Å²) in [5, 5.41) is 6.60. The zero-order valence-corrected chi connectivity index (χ0v) is 16.2. The molecule has 0 saturated carbocycles. The van der Waals surface area contributed by atoms with Gasteiger partial charge in [0, 0.05) is 39.3 Å². The van der Waals surface area contributed by atoms with Gasteiger partial charge in [0.25, 0.3) is 0 Å². The second-order valence-corrected chi connectivity index (χ2v) is 6.76. The highest BCUT2D eigenvalue weighted by Gasteiger charge is 2.12. The maximum Gasteiger partial charge on any atom is 0.191 e. The Labute approximate surface area is 156 Å². The lowest BCUT2D eigenvalue weighted by Gasteiger charge is -2.21. The van der Waals surface area contributed by atoms with E-state index in [9.17, 15) is 4.39 Å². The Hall–Kier alpha value is -1.86. The summed E-state index contributed by atoms with van der Waals surface area (Å²) in [7, 11) is 3.94. The number of guanidine groups is 1. The van der Waals surface area contributed by atoms with Crippen LogP contribution in [0.2, 0.25) is 0 Å². The second-order valence-electron chi connectivity index (χ2n) is 6.76. The summed E-state index contributed by atoms with van der Waals surface area (Å²) in [5.41, 5.74) is 0. The summed E-state index contributed by atoms with van der Waals surface area (Å²) in [5.74, 6) is 1.000. The quantitative estimate of drug-likeness (QED) is 0.565. The molecule has 26 heavy (non-hydrogen) atoms. The Kier molecular flexibility index (Phi) is 8.64. The van der Waals surface area contributed by atoms with Crippen LogP contribution in [0.3, 0.4) is 0 Å². The van der Waals surface area contributed by atoms with Crippen molar-refractivity contribution in [3.63, 3.8) is 0 Å². The number of halogens is 1. The Balaban J connectivity index is 1.65. The summed E-state index contributed by atoms with van der Waals surface area (Å²) < 4.78 is 18.9. The Morgan fingerprint density at radius 2 is 2.12 bits per heavy atom. The van der Waals surface area contributed by atoms with Crippen LogP contribution >= 0.6 is 0 Å². The number of likely N-dealkylation sites (N-methyl/N-ethyl adjacent to an activating group) is 1. The zero-order chi connectivity index (χ0) is 18.8. The number of rotatable bonds is 7. The van der Waals surface area contributed by atoms with Gasteiger partial charge < -0.3 is 25.2 Å². The van der Waals surface area contributed by atoms with Crippen LogP contribution in [0.25, 0.3) is 0 Å². The summed E-state index contributed by atoms with van der Waals surface area (Å²) in [4.78, 5) is 9.11. The van der Waals surface area contributed by atoms with E-state index >= 15 is 0 Å². The molecule has 0 bridgehead atoms. The van der Waals surface area contributed by atoms with E-state index in [1.165, 1.54) is 25.1 Å². The lowest BCUT2D eigenvalue weighted by atomic mass is 10.3. The maximum absolute atomic E-state index is 13.2. The number of benzene rings is 1. The first-order valence-corrected chi connectivity index (χ1v) is 9.34.